The van der Waals surface area contributed by atoms with Gasteiger partial charge in [-0.1, -0.05) is 25.7 Å². The summed E-state index contributed by atoms with van der Waals surface area (Å²) in [5.74, 6) is 1.36. The first-order valence-electron chi connectivity index (χ1n) is 10.1. The Balaban J connectivity index is 1.53. The number of benzene rings is 1. The molecule has 1 aliphatic rings. The molecule has 1 N–H and O–H groups in total. The number of hydrogen-bond acceptors (Lipinski definition) is 7. The molecule has 4 rings (SSSR count). The highest BCUT2D eigenvalue weighted by Crippen LogP contribution is 2.31. The number of amides is 1. The maximum atomic E-state index is 12.4. The van der Waals surface area contributed by atoms with E-state index in [4.69, 9.17) is 13.9 Å². The molecular weight excluding hydrogens is 384 g/mol. The number of ether oxygens (including phenoxy) is 2. The highest BCUT2D eigenvalue weighted by Gasteiger charge is 2.17. The summed E-state index contributed by atoms with van der Waals surface area (Å²) >= 11 is 0. The van der Waals surface area contributed by atoms with Crippen molar-refractivity contribution in [2.45, 2.75) is 44.6 Å². The molecule has 0 aliphatic heterocycles. The summed E-state index contributed by atoms with van der Waals surface area (Å²) in [4.78, 5) is 16.7. The molecule has 1 fully saturated rings. The van der Waals surface area contributed by atoms with Crippen LogP contribution in [0, 0.1) is 0 Å². The van der Waals surface area contributed by atoms with Gasteiger partial charge in [-0.2, -0.15) is 0 Å². The molecule has 0 bridgehead atoms. The zero-order chi connectivity index (χ0) is 20.8. The first-order chi connectivity index (χ1) is 14.7. The van der Waals surface area contributed by atoms with Gasteiger partial charge in [0.1, 0.15) is 11.5 Å². The van der Waals surface area contributed by atoms with Gasteiger partial charge in [-0.05, 0) is 36.6 Å². The summed E-state index contributed by atoms with van der Waals surface area (Å²) in [6.45, 7) is 0. The van der Waals surface area contributed by atoms with Crippen LogP contribution in [-0.4, -0.2) is 34.4 Å². The largest absolute Gasteiger partial charge is 0.497 e. The number of aromatic nitrogens is 3. The lowest BCUT2D eigenvalue weighted by atomic mass is 10.1. The smallest absolute Gasteiger partial charge is 0.412 e. The van der Waals surface area contributed by atoms with E-state index in [1.54, 1.807) is 31.6 Å². The molecule has 0 atom stereocenters. The van der Waals surface area contributed by atoms with E-state index in [2.05, 4.69) is 20.5 Å². The minimum absolute atomic E-state index is 0.167. The van der Waals surface area contributed by atoms with Gasteiger partial charge in [-0.15, -0.1) is 10.2 Å². The van der Waals surface area contributed by atoms with Crippen LogP contribution in [0.25, 0.3) is 22.6 Å². The first kappa shape index (κ1) is 19.9. The Kier molecular flexibility index (Phi) is 6.22. The van der Waals surface area contributed by atoms with E-state index >= 15 is 0 Å². The van der Waals surface area contributed by atoms with Crippen molar-refractivity contribution in [2.24, 2.45) is 0 Å². The van der Waals surface area contributed by atoms with Crippen molar-refractivity contribution in [3.63, 3.8) is 0 Å². The van der Waals surface area contributed by atoms with Crippen molar-refractivity contribution in [1.29, 1.82) is 0 Å². The Morgan fingerprint density at radius 2 is 1.77 bits per heavy atom. The maximum absolute atomic E-state index is 12.4. The number of hydrogen-bond donors (Lipinski definition) is 1. The number of rotatable bonds is 5. The van der Waals surface area contributed by atoms with Gasteiger partial charge in [0.2, 0.25) is 12.3 Å². The molecule has 8 nitrogen and oxygen atoms in total. The van der Waals surface area contributed by atoms with Crippen molar-refractivity contribution in [2.75, 3.05) is 7.11 Å². The summed E-state index contributed by atoms with van der Waals surface area (Å²) < 4.78 is 16.2. The summed E-state index contributed by atoms with van der Waals surface area (Å²) in [6.07, 6.45) is 10.9. The van der Waals surface area contributed by atoms with Gasteiger partial charge in [-0.25, -0.2) is 4.79 Å². The van der Waals surface area contributed by atoms with Crippen LogP contribution in [0.3, 0.4) is 0 Å². The molecule has 30 heavy (non-hydrogen) atoms. The van der Waals surface area contributed by atoms with E-state index in [0.29, 0.717) is 23.0 Å². The average molecular weight is 408 g/mol. The fourth-order valence-electron chi connectivity index (χ4n) is 3.66. The van der Waals surface area contributed by atoms with Gasteiger partial charge < -0.3 is 19.2 Å². The molecule has 0 radical (unpaired) electrons. The Morgan fingerprint density at radius 1 is 1.00 bits per heavy atom. The van der Waals surface area contributed by atoms with Gasteiger partial charge in [0, 0.05) is 30.1 Å². The van der Waals surface area contributed by atoms with Crippen molar-refractivity contribution in [1.82, 2.24) is 20.5 Å². The van der Waals surface area contributed by atoms with E-state index < -0.39 is 6.09 Å². The lowest BCUT2D eigenvalue weighted by molar-refractivity contribution is 0.194. The Morgan fingerprint density at radius 3 is 2.50 bits per heavy atom. The number of carbonyl (C=O) groups is 1. The van der Waals surface area contributed by atoms with Crippen LogP contribution < -0.4 is 14.8 Å². The summed E-state index contributed by atoms with van der Waals surface area (Å²) in [6, 6.07) is 7.37. The second kappa shape index (κ2) is 9.39. The molecule has 1 amide bonds. The zero-order valence-corrected chi connectivity index (χ0v) is 16.8. The number of nitrogens with zero attached hydrogens (tertiary/aromatic N) is 3. The van der Waals surface area contributed by atoms with Crippen LogP contribution in [0.1, 0.15) is 38.5 Å². The second-order valence-electron chi connectivity index (χ2n) is 7.33. The molecule has 2 heterocycles. The van der Waals surface area contributed by atoms with E-state index in [9.17, 15) is 4.79 Å². The van der Waals surface area contributed by atoms with Crippen LogP contribution in [0.5, 0.6) is 11.5 Å². The quantitative estimate of drug-likeness (QED) is 0.615. The van der Waals surface area contributed by atoms with Crippen LogP contribution >= 0.6 is 0 Å². The number of methoxy groups -OCH3 is 1. The third-order valence-electron chi connectivity index (χ3n) is 5.18. The molecule has 2 aromatic heterocycles. The molecule has 0 spiro atoms. The molecular formula is C22H24N4O4. The van der Waals surface area contributed by atoms with Crippen LogP contribution in [0.4, 0.5) is 4.79 Å². The molecule has 1 aliphatic carbocycles. The average Bonchev–Trinajstić information content (AvgIpc) is 3.19. The van der Waals surface area contributed by atoms with Crippen LogP contribution in [-0.2, 0) is 0 Å². The fraction of sp³-hybridized carbons (Fsp3) is 0.364. The van der Waals surface area contributed by atoms with Gasteiger partial charge in [-0.3, -0.25) is 4.98 Å². The van der Waals surface area contributed by atoms with Gasteiger partial charge in [0.15, 0.2) is 0 Å². The van der Waals surface area contributed by atoms with Gasteiger partial charge >= 0.3 is 6.09 Å². The van der Waals surface area contributed by atoms with Gasteiger partial charge in [0.05, 0.1) is 12.7 Å². The molecule has 3 aromatic rings. The minimum atomic E-state index is -0.446. The van der Waals surface area contributed by atoms with E-state index in [-0.39, 0.29) is 6.04 Å². The maximum Gasteiger partial charge on any atom is 0.412 e. The molecule has 1 aromatic carbocycles. The highest BCUT2D eigenvalue weighted by molar-refractivity contribution is 5.74. The zero-order valence-electron chi connectivity index (χ0n) is 16.8. The van der Waals surface area contributed by atoms with E-state index in [1.165, 1.54) is 19.2 Å². The monoisotopic (exact) mass is 408 g/mol. The predicted octanol–water partition coefficient (Wildman–Crippen LogP) is 4.62. The van der Waals surface area contributed by atoms with E-state index in [0.717, 1.165) is 36.8 Å². The molecule has 8 heteroatoms. The van der Waals surface area contributed by atoms with Gasteiger partial charge in [0.25, 0.3) is 0 Å². The second-order valence-corrected chi connectivity index (χ2v) is 7.33. The summed E-state index contributed by atoms with van der Waals surface area (Å²) in [7, 11) is 1.57. The van der Waals surface area contributed by atoms with Crippen molar-refractivity contribution in [3.05, 3.63) is 43.1 Å². The number of carbonyl (C=O) groups excluding carboxylic acids is 1. The lowest BCUT2D eigenvalue weighted by Gasteiger charge is -2.16. The van der Waals surface area contributed by atoms with Crippen molar-refractivity contribution < 1.29 is 18.7 Å². The van der Waals surface area contributed by atoms with Crippen molar-refractivity contribution >= 4 is 6.09 Å². The third kappa shape index (κ3) is 4.94. The normalized spacial score (nSPS) is 14.7. The summed E-state index contributed by atoms with van der Waals surface area (Å²) in [5, 5.41) is 10.6. The Bertz CT molecular complexity index is 983. The van der Waals surface area contributed by atoms with Crippen molar-refractivity contribution in [3.8, 4) is 34.1 Å². The predicted molar refractivity (Wildman–Crippen MR) is 110 cm³/mol. The third-order valence-corrected chi connectivity index (χ3v) is 5.18. The fourth-order valence-corrected chi connectivity index (χ4v) is 3.66. The molecule has 0 unspecified atom stereocenters. The molecule has 156 valence electrons. The standard InChI is InChI=1S/C22H24N4O4/c1-28-19-9-15(16-8-17(13-23-12-16)21-26-24-14-29-21)10-20(11-19)30-22(27)25-18-6-4-2-3-5-7-18/h8-14,18H,2-7H2,1H3,(H,25,27). The number of pyridine rings is 1. The van der Waals surface area contributed by atoms with E-state index in [1.807, 2.05) is 12.1 Å². The number of nitrogens with one attached hydrogen (secondary N) is 1. The Labute approximate surface area is 174 Å². The molecule has 0 saturated heterocycles. The highest BCUT2D eigenvalue weighted by atomic mass is 16.6. The van der Waals surface area contributed by atoms with Crippen LogP contribution in [0.2, 0.25) is 0 Å². The lowest BCUT2D eigenvalue weighted by Crippen LogP contribution is -2.36. The SMILES string of the molecule is COc1cc(OC(=O)NC2CCCCCC2)cc(-c2cncc(-c3nnco3)c2)c1. The minimum Gasteiger partial charge on any atom is -0.497 e. The van der Waals surface area contributed by atoms with Crippen LogP contribution in [0.15, 0.2) is 47.5 Å². The Hall–Kier alpha value is -3.42. The topological polar surface area (TPSA) is 99.4 Å². The molecule has 1 saturated carbocycles. The summed E-state index contributed by atoms with van der Waals surface area (Å²) in [5.41, 5.74) is 2.29. The first-order valence-corrected chi connectivity index (χ1v) is 10.1.